The van der Waals surface area contributed by atoms with E-state index in [-0.39, 0.29) is 29.5 Å². The number of benzene rings is 1. The topological polar surface area (TPSA) is 109 Å². The quantitative estimate of drug-likeness (QED) is 0.378. The van der Waals surface area contributed by atoms with Crippen LogP contribution in [0.15, 0.2) is 12.1 Å². The van der Waals surface area contributed by atoms with Gasteiger partial charge in [-0.1, -0.05) is 6.92 Å². The molecule has 3 N–H and O–H groups in total. The molecule has 1 aromatic rings. The smallest absolute Gasteiger partial charge is 0.242 e. The van der Waals surface area contributed by atoms with Gasteiger partial charge in [0.25, 0.3) is 0 Å². The van der Waals surface area contributed by atoms with Crippen molar-refractivity contribution in [2.45, 2.75) is 70.4 Å². The Labute approximate surface area is 224 Å². The Morgan fingerprint density at radius 1 is 1.13 bits per heavy atom. The lowest BCUT2D eigenvalue weighted by Gasteiger charge is -2.33. The van der Waals surface area contributed by atoms with E-state index >= 15 is 4.39 Å². The Hall–Kier alpha value is -2.72. The van der Waals surface area contributed by atoms with Gasteiger partial charge in [-0.15, -0.1) is 0 Å². The standard InChI is InChI=1S/C28H41FN4O5/c1-3-18-14-22(29)24(15-25(18)38-12-6-11-37-2)33(21-8-9-21)28(36)20-13-19(16-30-17-20)26(34)32-23-7-4-5-10-31-27(23)35/h14-15,19-21,23,30H,3-13,16-17H2,1-2H3,(H,31,35)(H,32,34)/t19-,20+,23?/m0/s1. The molecule has 3 aliphatic rings. The number of nitrogens with zero attached hydrogens (tertiary/aromatic N) is 1. The second-order valence-electron chi connectivity index (χ2n) is 10.5. The molecular weight excluding hydrogens is 491 g/mol. The lowest BCUT2D eigenvalue weighted by molar-refractivity contribution is -0.132. The Morgan fingerprint density at radius 3 is 2.66 bits per heavy atom. The second kappa shape index (κ2) is 13.4. The number of methoxy groups -OCH3 is 1. The van der Waals surface area contributed by atoms with Crippen molar-refractivity contribution >= 4 is 23.4 Å². The molecule has 1 aliphatic carbocycles. The van der Waals surface area contributed by atoms with E-state index in [1.54, 1.807) is 18.1 Å². The summed E-state index contributed by atoms with van der Waals surface area (Å²) in [7, 11) is 1.63. The summed E-state index contributed by atoms with van der Waals surface area (Å²) in [5.74, 6) is -1.33. The van der Waals surface area contributed by atoms with Gasteiger partial charge in [-0.25, -0.2) is 4.39 Å². The van der Waals surface area contributed by atoms with Crippen molar-refractivity contribution in [3.8, 4) is 5.75 Å². The molecule has 4 rings (SSSR count). The highest BCUT2D eigenvalue weighted by Crippen LogP contribution is 2.38. The summed E-state index contributed by atoms with van der Waals surface area (Å²) < 4.78 is 26.4. The van der Waals surface area contributed by atoms with E-state index < -0.39 is 23.7 Å². The van der Waals surface area contributed by atoms with E-state index in [0.29, 0.717) is 64.3 Å². The predicted octanol–water partition coefficient (Wildman–Crippen LogP) is 2.31. The maximum atomic E-state index is 15.4. The van der Waals surface area contributed by atoms with E-state index in [1.165, 1.54) is 6.07 Å². The van der Waals surface area contributed by atoms with E-state index in [1.807, 2.05) is 6.92 Å². The van der Waals surface area contributed by atoms with Crippen LogP contribution in [0.25, 0.3) is 0 Å². The van der Waals surface area contributed by atoms with E-state index in [9.17, 15) is 14.4 Å². The third kappa shape index (κ3) is 7.02. The molecule has 0 bridgehead atoms. The van der Waals surface area contributed by atoms with Crippen LogP contribution in [-0.2, 0) is 25.5 Å². The van der Waals surface area contributed by atoms with Crippen LogP contribution in [0, 0.1) is 17.7 Å². The molecule has 1 unspecified atom stereocenters. The normalized spacial score (nSPS) is 23.8. The number of ether oxygens (including phenoxy) is 2. The van der Waals surface area contributed by atoms with E-state index in [4.69, 9.17) is 9.47 Å². The molecule has 38 heavy (non-hydrogen) atoms. The van der Waals surface area contributed by atoms with Crippen LogP contribution in [0.5, 0.6) is 5.75 Å². The van der Waals surface area contributed by atoms with Crippen LogP contribution in [0.4, 0.5) is 10.1 Å². The number of carbonyl (C=O) groups excluding carboxylic acids is 3. The highest BCUT2D eigenvalue weighted by Gasteiger charge is 2.41. The molecule has 10 heteroatoms. The van der Waals surface area contributed by atoms with Crippen LogP contribution in [0.1, 0.15) is 57.4 Å². The molecule has 0 aromatic heterocycles. The number of hydrogen-bond donors (Lipinski definition) is 3. The van der Waals surface area contributed by atoms with Gasteiger partial charge in [0.05, 0.1) is 24.1 Å². The van der Waals surface area contributed by atoms with Crippen LogP contribution in [0.3, 0.4) is 0 Å². The number of anilines is 1. The minimum absolute atomic E-state index is 0.0605. The number of halogens is 1. The van der Waals surface area contributed by atoms with Gasteiger partial charge in [-0.3, -0.25) is 14.4 Å². The largest absolute Gasteiger partial charge is 0.493 e. The number of amides is 3. The zero-order chi connectivity index (χ0) is 27.1. The Bertz CT molecular complexity index is 1000. The summed E-state index contributed by atoms with van der Waals surface area (Å²) in [5.41, 5.74) is 0.989. The molecule has 1 aromatic carbocycles. The molecule has 3 atom stereocenters. The monoisotopic (exact) mass is 532 g/mol. The van der Waals surface area contributed by atoms with E-state index in [0.717, 1.165) is 31.2 Å². The van der Waals surface area contributed by atoms with Crippen LogP contribution < -0.4 is 25.6 Å². The van der Waals surface area contributed by atoms with Gasteiger partial charge in [0.2, 0.25) is 17.7 Å². The van der Waals surface area contributed by atoms with E-state index in [2.05, 4.69) is 16.0 Å². The lowest BCUT2D eigenvalue weighted by Crippen LogP contribution is -2.53. The van der Waals surface area contributed by atoms with Gasteiger partial charge >= 0.3 is 0 Å². The first kappa shape index (κ1) is 28.3. The van der Waals surface area contributed by atoms with Crippen molar-refractivity contribution in [2.75, 3.05) is 44.9 Å². The number of hydrogen-bond acceptors (Lipinski definition) is 6. The minimum atomic E-state index is -0.544. The first-order chi connectivity index (χ1) is 18.4. The van der Waals surface area contributed by atoms with Crippen LogP contribution in [0.2, 0.25) is 0 Å². The zero-order valence-corrected chi connectivity index (χ0v) is 22.5. The SMILES string of the molecule is CCc1cc(F)c(N(C(=O)[C@H]2CNC[C@@H](C(=O)NC3CCCCNC3=O)C2)C2CC2)cc1OCCCOC. The average Bonchev–Trinajstić information content (AvgIpc) is 3.78. The first-order valence-corrected chi connectivity index (χ1v) is 14.0. The maximum Gasteiger partial charge on any atom is 0.242 e. The summed E-state index contributed by atoms with van der Waals surface area (Å²) >= 11 is 0. The highest BCUT2D eigenvalue weighted by molar-refractivity contribution is 5.97. The molecule has 0 radical (unpaired) electrons. The molecule has 2 aliphatic heterocycles. The van der Waals surface area contributed by atoms with Gasteiger partial charge in [-0.05, 0) is 56.6 Å². The van der Waals surface area contributed by atoms with Gasteiger partial charge in [0.1, 0.15) is 17.6 Å². The van der Waals surface area contributed by atoms with Crippen molar-refractivity contribution < 1.29 is 28.2 Å². The maximum absolute atomic E-state index is 15.4. The number of carbonyl (C=O) groups is 3. The molecule has 0 spiro atoms. The molecule has 9 nitrogen and oxygen atoms in total. The van der Waals surface area contributed by atoms with Gasteiger partial charge in [0.15, 0.2) is 0 Å². The molecule has 3 fully saturated rings. The molecule has 2 heterocycles. The van der Waals surface area contributed by atoms with Gasteiger partial charge in [0, 0.05) is 51.9 Å². The number of piperidine rings is 1. The summed E-state index contributed by atoms with van der Waals surface area (Å²) in [6, 6.07) is 2.52. The van der Waals surface area contributed by atoms with Crippen molar-refractivity contribution in [3.05, 3.63) is 23.5 Å². The third-order valence-corrected chi connectivity index (χ3v) is 7.59. The lowest BCUT2D eigenvalue weighted by atomic mass is 9.88. The molecule has 3 amide bonds. The summed E-state index contributed by atoms with van der Waals surface area (Å²) in [6.45, 7) is 4.43. The predicted molar refractivity (Wildman–Crippen MR) is 142 cm³/mol. The number of rotatable bonds is 11. The fourth-order valence-electron chi connectivity index (χ4n) is 5.29. The Morgan fingerprint density at radius 2 is 1.92 bits per heavy atom. The molecule has 1 saturated carbocycles. The third-order valence-electron chi connectivity index (χ3n) is 7.59. The first-order valence-electron chi connectivity index (χ1n) is 14.0. The minimum Gasteiger partial charge on any atom is -0.493 e. The average molecular weight is 533 g/mol. The fraction of sp³-hybridized carbons (Fsp3) is 0.679. The Balaban J connectivity index is 1.47. The van der Waals surface area contributed by atoms with Crippen LogP contribution in [-0.4, -0.2) is 69.8 Å². The summed E-state index contributed by atoms with van der Waals surface area (Å²) in [5, 5.41) is 8.95. The molecule has 2 saturated heterocycles. The number of aryl methyl sites for hydroxylation is 1. The van der Waals surface area contributed by atoms with Gasteiger partial charge < -0.3 is 30.3 Å². The Kier molecular flexibility index (Phi) is 9.96. The van der Waals surface area contributed by atoms with Gasteiger partial charge in [-0.2, -0.15) is 0 Å². The van der Waals surface area contributed by atoms with Crippen molar-refractivity contribution in [2.24, 2.45) is 11.8 Å². The molecule has 210 valence electrons. The van der Waals surface area contributed by atoms with Crippen molar-refractivity contribution in [3.63, 3.8) is 0 Å². The zero-order valence-electron chi connectivity index (χ0n) is 22.5. The number of nitrogens with one attached hydrogen (secondary N) is 3. The summed E-state index contributed by atoms with van der Waals surface area (Å²) in [6.07, 6.45) is 5.66. The van der Waals surface area contributed by atoms with Crippen molar-refractivity contribution in [1.29, 1.82) is 0 Å². The summed E-state index contributed by atoms with van der Waals surface area (Å²) in [4.78, 5) is 40.7. The van der Waals surface area contributed by atoms with Crippen molar-refractivity contribution in [1.82, 2.24) is 16.0 Å². The van der Waals surface area contributed by atoms with Crippen LogP contribution >= 0.6 is 0 Å². The molecular formula is C28H41FN4O5. The second-order valence-corrected chi connectivity index (χ2v) is 10.5. The fourth-order valence-corrected chi connectivity index (χ4v) is 5.29. The highest BCUT2D eigenvalue weighted by atomic mass is 19.1.